The second-order valence-corrected chi connectivity index (χ2v) is 4.10. The molecule has 0 aliphatic rings. The van der Waals surface area contributed by atoms with Gasteiger partial charge in [-0.3, -0.25) is 9.59 Å². The van der Waals surface area contributed by atoms with Gasteiger partial charge in [0.05, 0.1) is 11.9 Å². The first kappa shape index (κ1) is 13.0. The highest BCUT2D eigenvalue weighted by atomic mass is 16.5. The van der Waals surface area contributed by atoms with Gasteiger partial charge in [-0.2, -0.15) is 0 Å². The standard InChI is InChI=1S/C12H14N4O3/c1-7-9(8(2)19-16-7)3-4-13-12(18)10-5-15-11(17)6-14-10/h5-6H,3-4H2,1-2H3,(H,13,18)(H,15,17). The molecule has 0 bridgehead atoms. The maximum atomic E-state index is 11.7. The monoisotopic (exact) mass is 262 g/mol. The largest absolute Gasteiger partial charge is 0.361 e. The fourth-order valence-corrected chi connectivity index (χ4v) is 1.72. The van der Waals surface area contributed by atoms with Crippen LogP contribution in [0.4, 0.5) is 0 Å². The van der Waals surface area contributed by atoms with Gasteiger partial charge in [0.15, 0.2) is 0 Å². The van der Waals surface area contributed by atoms with Gasteiger partial charge in [-0.25, -0.2) is 4.98 Å². The number of rotatable bonds is 4. The summed E-state index contributed by atoms with van der Waals surface area (Å²) in [6.45, 7) is 4.14. The Balaban J connectivity index is 1.91. The predicted octanol–water partition coefficient (Wildman–Crippen LogP) is 0.347. The van der Waals surface area contributed by atoms with Crippen molar-refractivity contribution in [2.24, 2.45) is 0 Å². The van der Waals surface area contributed by atoms with E-state index in [1.54, 1.807) is 0 Å². The Hall–Kier alpha value is -2.44. The minimum absolute atomic E-state index is 0.179. The fraction of sp³-hybridized carbons (Fsp3) is 0.333. The molecule has 19 heavy (non-hydrogen) atoms. The average molecular weight is 262 g/mol. The Kier molecular flexibility index (Phi) is 3.74. The van der Waals surface area contributed by atoms with E-state index in [0.29, 0.717) is 13.0 Å². The lowest BCUT2D eigenvalue weighted by atomic mass is 10.1. The average Bonchev–Trinajstić information content (AvgIpc) is 2.71. The van der Waals surface area contributed by atoms with Gasteiger partial charge in [-0.05, 0) is 20.3 Å². The maximum absolute atomic E-state index is 11.7. The van der Waals surface area contributed by atoms with E-state index in [1.807, 2.05) is 13.8 Å². The van der Waals surface area contributed by atoms with Crippen molar-refractivity contribution in [3.8, 4) is 0 Å². The lowest BCUT2D eigenvalue weighted by Crippen LogP contribution is -2.27. The summed E-state index contributed by atoms with van der Waals surface area (Å²) in [4.78, 5) is 28.7. The summed E-state index contributed by atoms with van der Waals surface area (Å²) in [6, 6.07) is 0. The molecule has 0 aliphatic heterocycles. The maximum Gasteiger partial charge on any atom is 0.271 e. The van der Waals surface area contributed by atoms with Crippen LogP contribution in [0.15, 0.2) is 21.7 Å². The number of aromatic amines is 1. The van der Waals surface area contributed by atoms with Gasteiger partial charge in [0, 0.05) is 18.3 Å². The van der Waals surface area contributed by atoms with Crippen LogP contribution in [-0.2, 0) is 6.42 Å². The number of nitrogens with zero attached hydrogens (tertiary/aromatic N) is 2. The molecular formula is C12H14N4O3. The molecule has 7 nitrogen and oxygen atoms in total. The summed E-state index contributed by atoms with van der Waals surface area (Å²) in [5, 5.41) is 6.56. The van der Waals surface area contributed by atoms with E-state index < -0.39 is 0 Å². The Morgan fingerprint density at radius 1 is 1.47 bits per heavy atom. The van der Waals surface area contributed by atoms with E-state index in [2.05, 4.69) is 20.4 Å². The van der Waals surface area contributed by atoms with Crippen LogP contribution in [0.5, 0.6) is 0 Å². The summed E-state index contributed by atoms with van der Waals surface area (Å²) in [7, 11) is 0. The quantitative estimate of drug-likeness (QED) is 0.827. The minimum atomic E-state index is -0.340. The molecule has 7 heteroatoms. The highest BCUT2D eigenvalue weighted by Crippen LogP contribution is 2.12. The summed E-state index contributed by atoms with van der Waals surface area (Å²) in [6.07, 6.45) is 2.99. The number of H-pyrrole nitrogens is 1. The molecule has 2 N–H and O–H groups in total. The van der Waals surface area contributed by atoms with Crippen LogP contribution in [-0.4, -0.2) is 27.6 Å². The molecule has 0 atom stereocenters. The highest BCUT2D eigenvalue weighted by Gasteiger charge is 2.10. The second kappa shape index (κ2) is 5.47. The molecule has 0 radical (unpaired) electrons. The molecule has 2 rings (SSSR count). The van der Waals surface area contributed by atoms with Crippen LogP contribution in [0.3, 0.4) is 0 Å². The smallest absolute Gasteiger partial charge is 0.271 e. The number of carbonyl (C=O) groups excluding carboxylic acids is 1. The van der Waals surface area contributed by atoms with Crippen molar-refractivity contribution in [1.29, 1.82) is 0 Å². The Labute approximate surface area is 109 Å². The van der Waals surface area contributed by atoms with E-state index >= 15 is 0 Å². The topological polar surface area (TPSA) is 101 Å². The van der Waals surface area contributed by atoms with Crippen LogP contribution in [0.1, 0.15) is 27.5 Å². The van der Waals surface area contributed by atoms with E-state index in [1.165, 1.54) is 6.20 Å². The number of hydrogen-bond acceptors (Lipinski definition) is 5. The highest BCUT2D eigenvalue weighted by molar-refractivity contribution is 5.91. The van der Waals surface area contributed by atoms with Gasteiger partial charge in [-0.1, -0.05) is 5.16 Å². The van der Waals surface area contributed by atoms with Gasteiger partial charge in [-0.15, -0.1) is 0 Å². The number of aromatic nitrogens is 3. The zero-order chi connectivity index (χ0) is 13.8. The first-order valence-corrected chi connectivity index (χ1v) is 5.82. The lowest BCUT2D eigenvalue weighted by molar-refractivity contribution is 0.0948. The zero-order valence-electron chi connectivity index (χ0n) is 10.7. The summed E-state index contributed by atoms with van der Waals surface area (Å²) in [5.41, 5.74) is 1.66. The molecule has 0 saturated heterocycles. The van der Waals surface area contributed by atoms with Crippen molar-refractivity contribution in [3.63, 3.8) is 0 Å². The molecule has 0 unspecified atom stereocenters. The zero-order valence-corrected chi connectivity index (χ0v) is 10.7. The number of aryl methyl sites for hydroxylation is 2. The van der Waals surface area contributed by atoms with Crippen LogP contribution in [0.25, 0.3) is 0 Å². The van der Waals surface area contributed by atoms with E-state index in [0.717, 1.165) is 23.2 Å². The predicted molar refractivity (Wildman–Crippen MR) is 66.9 cm³/mol. The molecule has 2 aromatic heterocycles. The summed E-state index contributed by atoms with van der Waals surface area (Å²) < 4.78 is 5.04. The molecule has 0 saturated carbocycles. The minimum Gasteiger partial charge on any atom is -0.361 e. The molecular weight excluding hydrogens is 248 g/mol. The Bertz CT molecular complexity index is 605. The summed E-state index contributed by atoms with van der Waals surface area (Å²) >= 11 is 0. The van der Waals surface area contributed by atoms with Crippen molar-refractivity contribution in [3.05, 3.63) is 45.5 Å². The van der Waals surface area contributed by atoms with E-state index in [9.17, 15) is 9.59 Å². The molecule has 2 heterocycles. The number of carbonyl (C=O) groups is 1. The molecule has 0 fully saturated rings. The van der Waals surface area contributed by atoms with Crippen molar-refractivity contribution in [2.45, 2.75) is 20.3 Å². The van der Waals surface area contributed by atoms with Crippen LogP contribution in [0.2, 0.25) is 0 Å². The van der Waals surface area contributed by atoms with Crippen molar-refractivity contribution in [1.82, 2.24) is 20.4 Å². The van der Waals surface area contributed by atoms with Crippen LogP contribution < -0.4 is 10.9 Å². The first-order valence-electron chi connectivity index (χ1n) is 5.82. The molecule has 100 valence electrons. The van der Waals surface area contributed by atoms with Crippen molar-refractivity contribution in [2.75, 3.05) is 6.54 Å². The summed E-state index contributed by atoms with van der Waals surface area (Å²) in [5.74, 6) is 0.428. The molecule has 1 amide bonds. The van der Waals surface area contributed by atoms with Crippen LogP contribution in [0, 0.1) is 13.8 Å². The van der Waals surface area contributed by atoms with Crippen LogP contribution >= 0.6 is 0 Å². The van der Waals surface area contributed by atoms with Gasteiger partial charge < -0.3 is 14.8 Å². The number of hydrogen-bond donors (Lipinski definition) is 2. The van der Waals surface area contributed by atoms with E-state index in [-0.39, 0.29) is 17.2 Å². The lowest BCUT2D eigenvalue weighted by Gasteiger charge is -2.04. The normalized spacial score (nSPS) is 10.4. The molecule has 0 aromatic carbocycles. The third-order valence-corrected chi connectivity index (χ3v) is 2.75. The van der Waals surface area contributed by atoms with E-state index in [4.69, 9.17) is 4.52 Å². The van der Waals surface area contributed by atoms with Crippen molar-refractivity contribution < 1.29 is 9.32 Å². The third-order valence-electron chi connectivity index (χ3n) is 2.75. The van der Waals surface area contributed by atoms with Crippen molar-refractivity contribution >= 4 is 5.91 Å². The fourth-order valence-electron chi connectivity index (χ4n) is 1.72. The molecule has 2 aromatic rings. The third kappa shape index (κ3) is 3.06. The van der Waals surface area contributed by atoms with Gasteiger partial charge >= 0.3 is 0 Å². The molecule has 0 spiro atoms. The van der Waals surface area contributed by atoms with Gasteiger partial charge in [0.25, 0.3) is 11.5 Å². The number of amides is 1. The van der Waals surface area contributed by atoms with Gasteiger partial charge in [0.1, 0.15) is 11.5 Å². The van der Waals surface area contributed by atoms with Gasteiger partial charge in [0.2, 0.25) is 0 Å². The first-order chi connectivity index (χ1) is 9.08. The Morgan fingerprint density at radius 3 is 2.84 bits per heavy atom. The Morgan fingerprint density at radius 2 is 2.26 bits per heavy atom. The molecule has 0 aliphatic carbocycles. The second-order valence-electron chi connectivity index (χ2n) is 4.10. The number of nitrogens with one attached hydrogen (secondary N) is 2. The SMILES string of the molecule is Cc1noc(C)c1CCNC(=O)c1c[nH]c(=O)cn1.